The van der Waals surface area contributed by atoms with Crippen LogP contribution in [0.15, 0.2) is 27.4 Å². The smallest absolute Gasteiger partial charge is 0.272 e. The summed E-state index contributed by atoms with van der Waals surface area (Å²) in [6.45, 7) is 1.62. The van der Waals surface area contributed by atoms with Crippen LogP contribution in [0.3, 0.4) is 0 Å². The minimum absolute atomic E-state index is 0.0171. The van der Waals surface area contributed by atoms with Crippen LogP contribution in [0.5, 0.6) is 0 Å². The van der Waals surface area contributed by atoms with E-state index < -0.39 is 4.92 Å². The summed E-state index contributed by atoms with van der Waals surface area (Å²) in [5, 5.41) is 21.5. The Balaban J connectivity index is 1.99. The van der Waals surface area contributed by atoms with E-state index >= 15 is 0 Å². The van der Waals surface area contributed by atoms with Crippen LogP contribution >= 0.6 is 0 Å². The number of nitrogens with two attached hydrogens (primary N) is 1. The van der Waals surface area contributed by atoms with E-state index in [4.69, 9.17) is 10.3 Å². The predicted octanol–water partition coefficient (Wildman–Crippen LogP) is 1.59. The molecule has 2 N–H and O–H groups in total. The lowest BCUT2D eigenvalue weighted by Gasteiger charge is -1.98. The maximum atomic E-state index is 10.8. The topological polar surface area (TPSA) is 147 Å². The van der Waals surface area contributed by atoms with E-state index in [9.17, 15) is 10.1 Å². The molecule has 21 heavy (non-hydrogen) atoms. The van der Waals surface area contributed by atoms with Gasteiger partial charge < -0.3 is 10.3 Å². The number of nitro benzene ring substituents is 1. The second kappa shape index (κ2) is 4.67. The molecule has 2 aromatic heterocycles. The predicted molar refractivity (Wildman–Crippen MR) is 68.8 cm³/mol. The third-order valence-electron chi connectivity index (χ3n) is 2.79. The molecule has 1 aromatic carbocycles. The molecule has 0 aliphatic heterocycles. The van der Waals surface area contributed by atoms with Gasteiger partial charge in [0.1, 0.15) is 0 Å². The molecule has 3 rings (SSSR count). The zero-order valence-electron chi connectivity index (χ0n) is 10.7. The number of nitro groups is 1. The van der Waals surface area contributed by atoms with E-state index in [1.807, 2.05) is 0 Å². The number of hydrogen-bond acceptors (Lipinski definition) is 9. The van der Waals surface area contributed by atoms with Crippen LogP contribution in [0.25, 0.3) is 23.0 Å². The molecule has 0 bridgehead atoms. The molecule has 0 fully saturated rings. The first-order valence-electron chi connectivity index (χ1n) is 5.74. The second-order valence-electron chi connectivity index (χ2n) is 4.18. The van der Waals surface area contributed by atoms with E-state index in [-0.39, 0.29) is 28.9 Å². The normalized spacial score (nSPS) is 10.7. The largest absolute Gasteiger partial charge is 0.379 e. The fourth-order valence-electron chi connectivity index (χ4n) is 1.78. The van der Waals surface area contributed by atoms with Crippen molar-refractivity contribution in [3.63, 3.8) is 0 Å². The van der Waals surface area contributed by atoms with E-state index in [0.717, 1.165) is 0 Å². The number of rotatable bonds is 3. The zero-order chi connectivity index (χ0) is 15.0. The summed E-state index contributed by atoms with van der Waals surface area (Å²) in [4.78, 5) is 14.4. The number of nitrogen functional groups attached to an aromatic ring is 1. The highest BCUT2D eigenvalue weighted by molar-refractivity contribution is 5.65. The van der Waals surface area contributed by atoms with Gasteiger partial charge >= 0.3 is 0 Å². The van der Waals surface area contributed by atoms with Crippen LogP contribution in [-0.2, 0) is 0 Å². The van der Waals surface area contributed by atoms with Gasteiger partial charge in [-0.1, -0.05) is 5.16 Å². The van der Waals surface area contributed by atoms with Crippen LogP contribution in [0.2, 0.25) is 0 Å². The van der Waals surface area contributed by atoms with Crippen LogP contribution in [0.4, 0.5) is 11.5 Å². The Bertz CT molecular complexity index is 824. The van der Waals surface area contributed by atoms with Gasteiger partial charge in [0.05, 0.1) is 4.92 Å². The lowest BCUT2D eigenvalue weighted by atomic mass is 10.1. The molecule has 0 unspecified atom stereocenters. The van der Waals surface area contributed by atoms with Gasteiger partial charge in [0.2, 0.25) is 5.82 Å². The monoisotopic (exact) mass is 288 g/mol. The molecule has 2 heterocycles. The molecule has 0 aliphatic carbocycles. The van der Waals surface area contributed by atoms with Crippen molar-refractivity contribution in [3.05, 3.63) is 33.9 Å². The van der Waals surface area contributed by atoms with Crippen molar-refractivity contribution in [1.82, 2.24) is 20.5 Å². The van der Waals surface area contributed by atoms with Gasteiger partial charge in [-0.15, -0.1) is 0 Å². The van der Waals surface area contributed by atoms with Crippen LogP contribution in [-0.4, -0.2) is 25.4 Å². The highest BCUT2D eigenvalue weighted by atomic mass is 16.6. The summed E-state index contributed by atoms with van der Waals surface area (Å²) in [7, 11) is 0. The van der Waals surface area contributed by atoms with Crippen LogP contribution < -0.4 is 5.73 Å². The van der Waals surface area contributed by atoms with Crippen molar-refractivity contribution in [1.29, 1.82) is 0 Å². The third-order valence-corrected chi connectivity index (χ3v) is 2.79. The lowest BCUT2D eigenvalue weighted by Crippen LogP contribution is -1.92. The molecule has 0 saturated carbocycles. The van der Waals surface area contributed by atoms with Crippen LogP contribution in [0.1, 0.15) is 5.56 Å². The highest BCUT2D eigenvalue weighted by Gasteiger charge is 2.19. The Morgan fingerprint density at radius 1 is 1.29 bits per heavy atom. The Labute approximate surface area is 116 Å². The number of benzene rings is 1. The fourth-order valence-corrected chi connectivity index (χ4v) is 1.78. The van der Waals surface area contributed by atoms with Crippen molar-refractivity contribution in [3.8, 4) is 23.0 Å². The van der Waals surface area contributed by atoms with Crippen molar-refractivity contribution in [2.75, 3.05) is 5.73 Å². The molecule has 3 aromatic rings. The molecular formula is C11H8N6O4. The van der Waals surface area contributed by atoms with Gasteiger partial charge in [-0.25, -0.2) is 4.63 Å². The summed E-state index contributed by atoms with van der Waals surface area (Å²) < 4.78 is 9.54. The molecule has 0 atom stereocenters. The number of nitrogens with zero attached hydrogens (tertiary/aromatic N) is 5. The standard InChI is InChI=1S/C11H8N6O4/c1-5-4-6(2-3-7(5)17(18)19)11-13-10(16-20-11)8-9(12)15-21-14-8/h2-4H,1H3,(H2,12,15). The van der Waals surface area contributed by atoms with E-state index in [2.05, 4.69) is 25.1 Å². The molecular weight excluding hydrogens is 280 g/mol. The number of hydrogen-bond donors (Lipinski definition) is 1. The van der Waals surface area contributed by atoms with Gasteiger partial charge in [-0.3, -0.25) is 10.1 Å². The van der Waals surface area contributed by atoms with Crippen molar-refractivity contribution in [2.45, 2.75) is 6.92 Å². The molecule has 10 heteroatoms. The molecule has 0 amide bonds. The Kier molecular flexibility index (Phi) is 2.83. The number of aromatic nitrogens is 4. The first kappa shape index (κ1) is 12.7. The molecule has 0 radical (unpaired) electrons. The Morgan fingerprint density at radius 3 is 2.71 bits per heavy atom. The van der Waals surface area contributed by atoms with Crippen molar-refractivity contribution < 1.29 is 14.1 Å². The zero-order valence-corrected chi connectivity index (χ0v) is 10.7. The highest BCUT2D eigenvalue weighted by Crippen LogP contribution is 2.27. The fraction of sp³-hybridized carbons (Fsp3) is 0.0909. The van der Waals surface area contributed by atoms with E-state index in [1.165, 1.54) is 12.1 Å². The molecule has 0 saturated heterocycles. The summed E-state index contributed by atoms with van der Waals surface area (Å²) in [6.07, 6.45) is 0. The quantitative estimate of drug-likeness (QED) is 0.560. The Morgan fingerprint density at radius 2 is 2.10 bits per heavy atom. The molecule has 106 valence electrons. The minimum atomic E-state index is -0.458. The van der Waals surface area contributed by atoms with Gasteiger partial charge in [0.15, 0.2) is 11.5 Å². The van der Waals surface area contributed by atoms with E-state index in [1.54, 1.807) is 13.0 Å². The first-order chi connectivity index (χ1) is 10.1. The molecule has 10 nitrogen and oxygen atoms in total. The molecule has 0 aliphatic rings. The van der Waals surface area contributed by atoms with E-state index in [0.29, 0.717) is 11.1 Å². The average Bonchev–Trinajstić information content (AvgIpc) is 3.06. The van der Waals surface area contributed by atoms with Crippen LogP contribution in [0, 0.1) is 17.0 Å². The summed E-state index contributed by atoms with van der Waals surface area (Å²) in [5.74, 6) is 0.354. The van der Waals surface area contributed by atoms with Crippen molar-refractivity contribution in [2.24, 2.45) is 0 Å². The second-order valence-corrected chi connectivity index (χ2v) is 4.18. The summed E-state index contributed by atoms with van der Waals surface area (Å²) in [5.41, 5.74) is 6.75. The SMILES string of the molecule is Cc1cc(-c2nc(-c3nonc3N)no2)ccc1[N+](=O)[O-]. The van der Waals surface area contributed by atoms with Crippen molar-refractivity contribution >= 4 is 11.5 Å². The lowest BCUT2D eigenvalue weighted by molar-refractivity contribution is -0.385. The number of aryl methyl sites for hydroxylation is 1. The van der Waals surface area contributed by atoms with Gasteiger partial charge in [0.25, 0.3) is 11.6 Å². The summed E-state index contributed by atoms with van der Waals surface area (Å²) >= 11 is 0. The maximum Gasteiger partial charge on any atom is 0.272 e. The first-order valence-corrected chi connectivity index (χ1v) is 5.74. The van der Waals surface area contributed by atoms with Gasteiger partial charge in [0, 0.05) is 17.2 Å². The average molecular weight is 288 g/mol. The number of anilines is 1. The molecule has 0 spiro atoms. The maximum absolute atomic E-state index is 10.8. The Hall–Kier alpha value is -3.30. The van der Waals surface area contributed by atoms with Gasteiger partial charge in [-0.05, 0) is 29.4 Å². The third kappa shape index (κ3) is 2.18. The summed E-state index contributed by atoms with van der Waals surface area (Å²) in [6, 6.07) is 4.48. The minimum Gasteiger partial charge on any atom is -0.379 e. The van der Waals surface area contributed by atoms with Gasteiger partial charge in [-0.2, -0.15) is 4.98 Å².